The van der Waals surface area contributed by atoms with Crippen LogP contribution < -0.4 is 5.32 Å². The van der Waals surface area contributed by atoms with Crippen molar-refractivity contribution >= 4 is 23.6 Å². The van der Waals surface area contributed by atoms with Crippen molar-refractivity contribution in [1.82, 2.24) is 25.2 Å². The van der Waals surface area contributed by atoms with Crippen LogP contribution in [-0.4, -0.2) is 67.6 Å². The van der Waals surface area contributed by atoms with E-state index < -0.39 is 12.0 Å². The summed E-state index contributed by atoms with van der Waals surface area (Å²) in [5.74, 6) is -0.542. The standard InChI is InChI=1S/C10H13N5O3S/c16-9(14-5-19-4-8(14)10(17)18)7-3-15(13-12-7)6-1-11-2-6/h3,6,8,11H,1-2,4-5H2,(H,17,18). The van der Waals surface area contributed by atoms with Crippen LogP contribution in [0.4, 0.5) is 0 Å². The summed E-state index contributed by atoms with van der Waals surface area (Å²) in [7, 11) is 0. The molecule has 102 valence electrons. The number of carbonyl (C=O) groups excluding carboxylic acids is 1. The Morgan fingerprint density at radius 1 is 1.47 bits per heavy atom. The molecule has 2 saturated heterocycles. The number of nitrogens with zero attached hydrogens (tertiary/aromatic N) is 4. The van der Waals surface area contributed by atoms with Gasteiger partial charge in [-0.2, -0.15) is 0 Å². The number of thioether (sulfide) groups is 1. The number of carboxylic acids is 1. The molecule has 3 rings (SSSR count). The Morgan fingerprint density at radius 2 is 2.26 bits per heavy atom. The smallest absolute Gasteiger partial charge is 0.327 e. The lowest BCUT2D eigenvalue weighted by atomic mass is 10.2. The molecule has 0 spiro atoms. The molecule has 8 nitrogen and oxygen atoms in total. The SMILES string of the molecule is O=C(O)C1CSCN1C(=O)c1cn(C2CNC2)nn1. The molecule has 3 heterocycles. The molecule has 0 saturated carbocycles. The van der Waals surface area contributed by atoms with Gasteiger partial charge in [-0.3, -0.25) is 4.79 Å². The average molecular weight is 283 g/mol. The average Bonchev–Trinajstić information content (AvgIpc) is 2.93. The van der Waals surface area contributed by atoms with Gasteiger partial charge in [0.2, 0.25) is 0 Å². The summed E-state index contributed by atoms with van der Waals surface area (Å²) in [5.41, 5.74) is 0.209. The Morgan fingerprint density at radius 3 is 2.89 bits per heavy atom. The van der Waals surface area contributed by atoms with Gasteiger partial charge in [-0.15, -0.1) is 16.9 Å². The van der Waals surface area contributed by atoms with Crippen LogP contribution in [0, 0.1) is 0 Å². The van der Waals surface area contributed by atoms with Gasteiger partial charge in [0.15, 0.2) is 5.69 Å². The van der Waals surface area contributed by atoms with E-state index in [1.165, 1.54) is 16.7 Å². The summed E-state index contributed by atoms with van der Waals surface area (Å²) < 4.78 is 1.66. The molecule has 1 atom stereocenters. The minimum atomic E-state index is -0.978. The first kappa shape index (κ1) is 12.4. The molecular weight excluding hydrogens is 270 g/mol. The highest BCUT2D eigenvalue weighted by Gasteiger charge is 2.36. The molecule has 19 heavy (non-hydrogen) atoms. The van der Waals surface area contributed by atoms with Crippen LogP contribution in [0.2, 0.25) is 0 Å². The third-order valence-electron chi connectivity index (χ3n) is 3.29. The van der Waals surface area contributed by atoms with Crippen LogP contribution in [0.5, 0.6) is 0 Å². The Labute approximate surface area is 113 Å². The van der Waals surface area contributed by atoms with Gasteiger partial charge in [-0.05, 0) is 0 Å². The Hall–Kier alpha value is -1.61. The number of aromatic nitrogens is 3. The maximum absolute atomic E-state index is 12.2. The molecule has 2 fully saturated rings. The third-order valence-corrected chi connectivity index (χ3v) is 4.30. The number of amides is 1. The van der Waals surface area contributed by atoms with E-state index in [-0.39, 0.29) is 17.6 Å². The van der Waals surface area contributed by atoms with E-state index in [4.69, 9.17) is 5.11 Å². The third kappa shape index (κ3) is 2.19. The molecule has 1 amide bonds. The van der Waals surface area contributed by atoms with Crippen LogP contribution in [0.1, 0.15) is 16.5 Å². The van der Waals surface area contributed by atoms with Crippen molar-refractivity contribution in [3.05, 3.63) is 11.9 Å². The van der Waals surface area contributed by atoms with Crippen LogP contribution >= 0.6 is 11.8 Å². The van der Waals surface area contributed by atoms with Gasteiger partial charge >= 0.3 is 5.97 Å². The van der Waals surface area contributed by atoms with E-state index in [1.54, 1.807) is 10.9 Å². The Balaban J connectivity index is 1.75. The van der Waals surface area contributed by atoms with Gasteiger partial charge in [-0.25, -0.2) is 9.48 Å². The van der Waals surface area contributed by atoms with Gasteiger partial charge < -0.3 is 15.3 Å². The molecule has 1 unspecified atom stereocenters. The summed E-state index contributed by atoms with van der Waals surface area (Å²) in [6.45, 7) is 1.63. The molecule has 0 radical (unpaired) electrons. The highest BCUT2D eigenvalue weighted by atomic mass is 32.2. The fourth-order valence-electron chi connectivity index (χ4n) is 2.01. The number of hydrogen-bond acceptors (Lipinski definition) is 6. The topological polar surface area (TPSA) is 100 Å². The molecule has 1 aromatic heterocycles. The molecular formula is C10H13N5O3S. The van der Waals surface area contributed by atoms with E-state index in [1.807, 2.05) is 0 Å². The lowest BCUT2D eigenvalue weighted by Gasteiger charge is -2.26. The summed E-state index contributed by atoms with van der Waals surface area (Å²) >= 11 is 1.43. The molecule has 0 bridgehead atoms. The lowest BCUT2D eigenvalue weighted by Crippen LogP contribution is -2.43. The summed E-state index contributed by atoms with van der Waals surface area (Å²) in [5, 5.41) is 19.9. The zero-order chi connectivity index (χ0) is 13.4. The van der Waals surface area contributed by atoms with Gasteiger partial charge in [0, 0.05) is 18.8 Å². The van der Waals surface area contributed by atoms with Crippen LogP contribution in [0.15, 0.2) is 6.20 Å². The first-order chi connectivity index (χ1) is 9.16. The summed E-state index contributed by atoms with van der Waals surface area (Å²) in [6, 6.07) is -0.537. The zero-order valence-electron chi connectivity index (χ0n) is 10.0. The highest BCUT2D eigenvalue weighted by molar-refractivity contribution is 7.99. The molecule has 2 N–H and O–H groups in total. The quantitative estimate of drug-likeness (QED) is 0.735. The molecule has 0 aliphatic carbocycles. The zero-order valence-corrected chi connectivity index (χ0v) is 10.8. The van der Waals surface area contributed by atoms with Crippen molar-refractivity contribution in [2.45, 2.75) is 12.1 Å². The Bertz CT molecular complexity index is 515. The van der Waals surface area contributed by atoms with Gasteiger partial charge in [-0.1, -0.05) is 5.21 Å². The molecule has 2 aliphatic heterocycles. The van der Waals surface area contributed by atoms with Crippen molar-refractivity contribution in [2.24, 2.45) is 0 Å². The molecule has 1 aromatic rings. The second kappa shape index (κ2) is 4.82. The predicted molar refractivity (Wildman–Crippen MR) is 66.8 cm³/mol. The second-order valence-corrected chi connectivity index (χ2v) is 5.52. The number of rotatable bonds is 3. The first-order valence-electron chi connectivity index (χ1n) is 5.91. The molecule has 0 aromatic carbocycles. The van der Waals surface area contributed by atoms with Crippen molar-refractivity contribution in [3.63, 3.8) is 0 Å². The highest BCUT2D eigenvalue weighted by Crippen LogP contribution is 2.23. The Kier molecular flexibility index (Phi) is 3.15. The van der Waals surface area contributed by atoms with E-state index >= 15 is 0 Å². The fraction of sp³-hybridized carbons (Fsp3) is 0.600. The van der Waals surface area contributed by atoms with Gasteiger partial charge in [0.1, 0.15) is 6.04 Å². The maximum Gasteiger partial charge on any atom is 0.327 e. The van der Waals surface area contributed by atoms with E-state index in [2.05, 4.69) is 15.6 Å². The maximum atomic E-state index is 12.2. The van der Waals surface area contributed by atoms with Crippen LogP contribution in [0.3, 0.4) is 0 Å². The number of hydrogen-bond donors (Lipinski definition) is 2. The minimum Gasteiger partial charge on any atom is -0.480 e. The predicted octanol–water partition coefficient (Wildman–Crippen LogP) is -0.978. The van der Waals surface area contributed by atoms with Gasteiger partial charge in [0.05, 0.1) is 18.1 Å². The number of nitrogens with one attached hydrogen (secondary N) is 1. The second-order valence-electron chi connectivity index (χ2n) is 4.52. The van der Waals surface area contributed by atoms with Crippen LogP contribution in [-0.2, 0) is 4.79 Å². The number of carboxylic acid groups (broad SMARTS) is 1. The first-order valence-corrected chi connectivity index (χ1v) is 7.06. The van der Waals surface area contributed by atoms with Crippen molar-refractivity contribution < 1.29 is 14.7 Å². The largest absolute Gasteiger partial charge is 0.480 e. The minimum absolute atomic E-state index is 0.209. The van der Waals surface area contributed by atoms with Gasteiger partial charge in [0.25, 0.3) is 5.91 Å². The van der Waals surface area contributed by atoms with Crippen molar-refractivity contribution in [2.75, 3.05) is 24.7 Å². The number of carbonyl (C=O) groups is 2. The van der Waals surface area contributed by atoms with E-state index in [0.717, 1.165) is 13.1 Å². The summed E-state index contributed by atoms with van der Waals surface area (Å²) in [6.07, 6.45) is 1.59. The van der Waals surface area contributed by atoms with E-state index in [0.29, 0.717) is 11.6 Å². The fourth-order valence-corrected chi connectivity index (χ4v) is 3.15. The monoisotopic (exact) mass is 283 g/mol. The van der Waals surface area contributed by atoms with Crippen molar-refractivity contribution in [1.29, 1.82) is 0 Å². The van der Waals surface area contributed by atoms with Crippen molar-refractivity contribution in [3.8, 4) is 0 Å². The normalized spacial score (nSPS) is 23.4. The molecule has 9 heteroatoms. The molecule has 2 aliphatic rings. The number of aliphatic carboxylic acids is 1. The lowest BCUT2D eigenvalue weighted by molar-refractivity contribution is -0.140. The van der Waals surface area contributed by atoms with Crippen LogP contribution in [0.25, 0.3) is 0 Å². The van der Waals surface area contributed by atoms with E-state index in [9.17, 15) is 9.59 Å². The summed E-state index contributed by atoms with van der Waals surface area (Å²) in [4.78, 5) is 24.6.